The Morgan fingerprint density at radius 3 is 2.73 bits per heavy atom. The molecule has 1 aromatic heterocycles. The highest BCUT2D eigenvalue weighted by Crippen LogP contribution is 2.13. The summed E-state index contributed by atoms with van der Waals surface area (Å²) in [4.78, 5) is 4.02. The van der Waals surface area contributed by atoms with E-state index in [2.05, 4.69) is 18.8 Å². The second-order valence-corrected chi connectivity index (χ2v) is 2.94. The summed E-state index contributed by atoms with van der Waals surface area (Å²) in [5.41, 5.74) is 2.06. The standard InChI is InChI=1S/C9H13NO/c1-7(2)9-3-8(6-11)4-10-5-9/h3-5,7,11H,6H2,1-2H3. The molecule has 0 atom stereocenters. The molecule has 0 bridgehead atoms. The average molecular weight is 151 g/mol. The van der Waals surface area contributed by atoms with Crippen molar-refractivity contribution in [2.75, 3.05) is 0 Å². The Morgan fingerprint density at radius 1 is 1.45 bits per heavy atom. The van der Waals surface area contributed by atoms with E-state index in [0.29, 0.717) is 5.92 Å². The largest absolute Gasteiger partial charge is 0.392 e. The highest BCUT2D eigenvalue weighted by molar-refractivity contribution is 5.19. The molecule has 0 amide bonds. The Hall–Kier alpha value is -0.890. The van der Waals surface area contributed by atoms with Crippen LogP contribution >= 0.6 is 0 Å². The monoisotopic (exact) mass is 151 g/mol. The molecule has 0 fully saturated rings. The van der Waals surface area contributed by atoms with Crippen LogP contribution in [0, 0.1) is 0 Å². The molecule has 0 saturated heterocycles. The maximum atomic E-state index is 8.80. The van der Waals surface area contributed by atoms with Crippen molar-refractivity contribution in [3.05, 3.63) is 29.6 Å². The van der Waals surface area contributed by atoms with E-state index in [9.17, 15) is 0 Å². The van der Waals surface area contributed by atoms with Gasteiger partial charge in [0.2, 0.25) is 0 Å². The lowest BCUT2D eigenvalue weighted by molar-refractivity contribution is 0.281. The van der Waals surface area contributed by atoms with E-state index in [4.69, 9.17) is 5.11 Å². The summed E-state index contributed by atoms with van der Waals surface area (Å²) in [5.74, 6) is 0.481. The van der Waals surface area contributed by atoms with Crippen molar-refractivity contribution in [2.45, 2.75) is 26.4 Å². The molecular formula is C9H13NO. The molecule has 0 aliphatic carbocycles. The van der Waals surface area contributed by atoms with Gasteiger partial charge in [-0.3, -0.25) is 4.98 Å². The molecule has 1 N–H and O–H groups in total. The molecule has 1 rings (SSSR count). The minimum Gasteiger partial charge on any atom is -0.392 e. The summed E-state index contributed by atoms with van der Waals surface area (Å²) in [6.45, 7) is 4.30. The minimum atomic E-state index is 0.0769. The van der Waals surface area contributed by atoms with E-state index in [1.807, 2.05) is 12.3 Å². The lowest BCUT2D eigenvalue weighted by Crippen LogP contribution is -1.92. The third kappa shape index (κ3) is 2.02. The van der Waals surface area contributed by atoms with E-state index in [1.165, 1.54) is 5.56 Å². The Kier molecular flexibility index (Phi) is 2.60. The van der Waals surface area contributed by atoms with Gasteiger partial charge in [-0.25, -0.2) is 0 Å². The maximum absolute atomic E-state index is 8.80. The minimum absolute atomic E-state index is 0.0769. The van der Waals surface area contributed by atoms with Crippen LogP contribution in [0.4, 0.5) is 0 Å². The van der Waals surface area contributed by atoms with Gasteiger partial charge in [0, 0.05) is 12.4 Å². The smallest absolute Gasteiger partial charge is 0.0696 e. The molecule has 1 aromatic rings. The van der Waals surface area contributed by atoms with Gasteiger partial charge in [-0.1, -0.05) is 19.9 Å². The van der Waals surface area contributed by atoms with Crippen LogP contribution in [0.1, 0.15) is 30.9 Å². The van der Waals surface area contributed by atoms with Gasteiger partial charge in [-0.2, -0.15) is 0 Å². The van der Waals surface area contributed by atoms with Gasteiger partial charge in [-0.15, -0.1) is 0 Å². The number of nitrogens with zero attached hydrogens (tertiary/aromatic N) is 1. The fourth-order valence-electron chi connectivity index (χ4n) is 0.910. The van der Waals surface area contributed by atoms with Crippen LogP contribution in [0.5, 0.6) is 0 Å². The van der Waals surface area contributed by atoms with Gasteiger partial charge in [0.1, 0.15) is 0 Å². The zero-order valence-corrected chi connectivity index (χ0v) is 6.91. The molecule has 2 nitrogen and oxygen atoms in total. The first-order valence-electron chi connectivity index (χ1n) is 3.78. The number of aromatic nitrogens is 1. The molecule has 0 aromatic carbocycles. The molecule has 0 aliphatic heterocycles. The summed E-state index contributed by atoms with van der Waals surface area (Å²) in [6, 6.07) is 1.98. The maximum Gasteiger partial charge on any atom is 0.0696 e. The third-order valence-electron chi connectivity index (χ3n) is 1.67. The number of hydrogen-bond donors (Lipinski definition) is 1. The van der Waals surface area contributed by atoms with Gasteiger partial charge in [-0.05, 0) is 17.0 Å². The van der Waals surface area contributed by atoms with Crippen LogP contribution in [0.25, 0.3) is 0 Å². The fraction of sp³-hybridized carbons (Fsp3) is 0.444. The van der Waals surface area contributed by atoms with Crippen molar-refractivity contribution in [3.63, 3.8) is 0 Å². The van der Waals surface area contributed by atoms with Crippen LogP contribution < -0.4 is 0 Å². The van der Waals surface area contributed by atoms with Gasteiger partial charge in [0.25, 0.3) is 0 Å². The summed E-state index contributed by atoms with van der Waals surface area (Å²) >= 11 is 0. The molecule has 60 valence electrons. The van der Waals surface area contributed by atoms with Crippen molar-refractivity contribution in [2.24, 2.45) is 0 Å². The topological polar surface area (TPSA) is 33.1 Å². The molecule has 0 radical (unpaired) electrons. The highest BCUT2D eigenvalue weighted by Gasteiger charge is 1.99. The van der Waals surface area contributed by atoms with Crippen molar-refractivity contribution < 1.29 is 5.11 Å². The van der Waals surface area contributed by atoms with Crippen molar-refractivity contribution in [1.29, 1.82) is 0 Å². The van der Waals surface area contributed by atoms with E-state index in [0.717, 1.165) is 5.56 Å². The molecule has 1 heterocycles. The molecule has 0 spiro atoms. The first-order chi connectivity index (χ1) is 5.24. The molecule has 0 aliphatic rings. The van der Waals surface area contributed by atoms with Gasteiger partial charge < -0.3 is 5.11 Å². The SMILES string of the molecule is CC(C)c1cncc(CO)c1. The van der Waals surface area contributed by atoms with Crippen molar-refractivity contribution in [3.8, 4) is 0 Å². The molecule has 0 saturated carbocycles. The third-order valence-corrected chi connectivity index (χ3v) is 1.67. The van der Waals surface area contributed by atoms with Crippen LogP contribution in [0.15, 0.2) is 18.5 Å². The van der Waals surface area contributed by atoms with Gasteiger partial charge in [0.05, 0.1) is 6.61 Å². The van der Waals surface area contributed by atoms with Crippen LogP contribution in [0.3, 0.4) is 0 Å². The van der Waals surface area contributed by atoms with E-state index in [1.54, 1.807) is 6.20 Å². The average Bonchev–Trinajstić information content (AvgIpc) is 2.05. The Bertz CT molecular complexity index is 233. The zero-order chi connectivity index (χ0) is 8.27. The van der Waals surface area contributed by atoms with Crippen LogP contribution in [-0.2, 0) is 6.61 Å². The quantitative estimate of drug-likeness (QED) is 0.697. The molecule has 0 unspecified atom stereocenters. The fourth-order valence-corrected chi connectivity index (χ4v) is 0.910. The summed E-state index contributed by atoms with van der Waals surface area (Å²) in [6.07, 6.45) is 3.52. The number of pyridine rings is 1. The number of aliphatic hydroxyl groups is 1. The van der Waals surface area contributed by atoms with Gasteiger partial charge >= 0.3 is 0 Å². The summed E-state index contributed by atoms with van der Waals surface area (Å²) < 4.78 is 0. The summed E-state index contributed by atoms with van der Waals surface area (Å²) in [5, 5.41) is 8.80. The predicted molar refractivity (Wildman–Crippen MR) is 44.2 cm³/mol. The Morgan fingerprint density at radius 2 is 2.18 bits per heavy atom. The second-order valence-electron chi connectivity index (χ2n) is 2.94. The van der Waals surface area contributed by atoms with Crippen LogP contribution in [-0.4, -0.2) is 10.1 Å². The normalized spacial score (nSPS) is 10.5. The first-order valence-corrected chi connectivity index (χ1v) is 3.78. The Balaban J connectivity index is 2.91. The lowest BCUT2D eigenvalue weighted by atomic mass is 10.0. The van der Waals surface area contributed by atoms with Crippen molar-refractivity contribution >= 4 is 0 Å². The lowest BCUT2D eigenvalue weighted by Gasteiger charge is -2.04. The number of aliphatic hydroxyl groups excluding tert-OH is 1. The van der Waals surface area contributed by atoms with E-state index < -0.39 is 0 Å². The number of hydrogen-bond acceptors (Lipinski definition) is 2. The van der Waals surface area contributed by atoms with E-state index >= 15 is 0 Å². The highest BCUT2D eigenvalue weighted by atomic mass is 16.3. The van der Waals surface area contributed by atoms with Gasteiger partial charge in [0.15, 0.2) is 0 Å². The van der Waals surface area contributed by atoms with E-state index in [-0.39, 0.29) is 6.61 Å². The predicted octanol–water partition coefficient (Wildman–Crippen LogP) is 1.70. The van der Waals surface area contributed by atoms with Crippen LogP contribution in [0.2, 0.25) is 0 Å². The molecular weight excluding hydrogens is 138 g/mol. The summed E-state index contributed by atoms with van der Waals surface area (Å²) in [7, 11) is 0. The second kappa shape index (κ2) is 3.49. The van der Waals surface area contributed by atoms with Crippen molar-refractivity contribution in [1.82, 2.24) is 4.98 Å². The Labute approximate surface area is 66.9 Å². The zero-order valence-electron chi connectivity index (χ0n) is 6.91. The molecule has 2 heteroatoms. The number of rotatable bonds is 2. The molecule has 11 heavy (non-hydrogen) atoms. The first kappa shape index (κ1) is 8.21.